The summed E-state index contributed by atoms with van der Waals surface area (Å²) in [5.41, 5.74) is 1.08. The first-order valence-corrected chi connectivity index (χ1v) is 9.86. The molecule has 0 bridgehead atoms. The van der Waals surface area contributed by atoms with Crippen molar-refractivity contribution in [2.45, 2.75) is 43.6 Å². The van der Waals surface area contributed by atoms with Gasteiger partial charge in [0.25, 0.3) is 0 Å². The molecule has 4 heterocycles. The highest BCUT2D eigenvalue weighted by molar-refractivity contribution is 5.73. The summed E-state index contributed by atoms with van der Waals surface area (Å²) in [7, 11) is 0. The maximum Gasteiger partial charge on any atom is 0.490 e. The number of alkyl halides is 3. The number of pyridine rings is 1. The van der Waals surface area contributed by atoms with Gasteiger partial charge in [-0.2, -0.15) is 13.2 Å². The second-order valence-electron chi connectivity index (χ2n) is 7.55. The average Bonchev–Trinajstić information content (AvgIpc) is 3.10. The molecule has 0 saturated carbocycles. The number of hydrogen-bond acceptors (Lipinski definition) is 7. The third-order valence-corrected chi connectivity index (χ3v) is 5.08. The number of carboxylic acid groups (broad SMARTS) is 1. The number of likely N-dealkylation sites (tertiary alicyclic amines) is 1. The molecule has 2 aromatic heterocycles. The van der Waals surface area contributed by atoms with Crippen LogP contribution in [0, 0.1) is 0 Å². The van der Waals surface area contributed by atoms with Gasteiger partial charge >= 0.3 is 12.1 Å². The molecule has 0 radical (unpaired) electrons. The minimum atomic E-state index is -5.08. The number of halogens is 3. The van der Waals surface area contributed by atoms with E-state index in [1.807, 2.05) is 24.4 Å². The lowest BCUT2D eigenvalue weighted by Crippen LogP contribution is -2.47. The van der Waals surface area contributed by atoms with Crippen LogP contribution < -0.4 is 5.32 Å². The van der Waals surface area contributed by atoms with Crippen LogP contribution >= 0.6 is 0 Å². The molecule has 1 spiro atoms. The SMILES string of the molecule is O=C(O)C(F)(F)F.c1ccc(CN2CCCC3(CC(Nc4ncccn4)CO3)C2)nc1. The summed E-state index contributed by atoms with van der Waals surface area (Å²) in [6.07, 6.45) is 3.60. The number of carboxylic acids is 1. The number of hydrogen-bond donors (Lipinski definition) is 2. The second kappa shape index (κ2) is 10.0. The normalized spacial score (nSPS) is 23.8. The molecule has 2 aromatic rings. The average molecular weight is 439 g/mol. The first kappa shape index (κ1) is 22.9. The molecular weight excluding hydrogens is 415 g/mol. The van der Waals surface area contributed by atoms with Gasteiger partial charge in [-0.15, -0.1) is 0 Å². The summed E-state index contributed by atoms with van der Waals surface area (Å²) in [4.78, 5) is 24.3. The van der Waals surface area contributed by atoms with Crippen molar-refractivity contribution in [3.05, 3.63) is 48.5 Å². The first-order valence-electron chi connectivity index (χ1n) is 9.86. The van der Waals surface area contributed by atoms with E-state index >= 15 is 0 Å². The zero-order valence-electron chi connectivity index (χ0n) is 16.8. The Morgan fingerprint density at radius 2 is 1.94 bits per heavy atom. The Labute approximate surface area is 177 Å². The van der Waals surface area contributed by atoms with Gasteiger partial charge in [0.05, 0.1) is 23.9 Å². The number of nitrogens with zero attached hydrogens (tertiary/aromatic N) is 4. The van der Waals surface area contributed by atoms with E-state index in [-0.39, 0.29) is 11.6 Å². The van der Waals surface area contributed by atoms with E-state index in [9.17, 15) is 13.2 Å². The van der Waals surface area contributed by atoms with Gasteiger partial charge in [-0.3, -0.25) is 9.88 Å². The first-order chi connectivity index (χ1) is 14.8. The van der Waals surface area contributed by atoms with Crippen LogP contribution in [0.5, 0.6) is 0 Å². The predicted octanol–water partition coefficient (Wildman–Crippen LogP) is 2.74. The van der Waals surface area contributed by atoms with Gasteiger partial charge in [-0.05, 0) is 37.6 Å². The fourth-order valence-electron chi connectivity index (χ4n) is 3.82. The van der Waals surface area contributed by atoms with Gasteiger partial charge in [-0.25, -0.2) is 14.8 Å². The Kier molecular flexibility index (Phi) is 7.39. The van der Waals surface area contributed by atoms with Crippen LogP contribution in [-0.2, 0) is 16.1 Å². The van der Waals surface area contributed by atoms with Gasteiger partial charge < -0.3 is 15.2 Å². The summed E-state index contributed by atoms with van der Waals surface area (Å²) >= 11 is 0. The van der Waals surface area contributed by atoms with Gasteiger partial charge in [0.15, 0.2) is 0 Å². The maximum absolute atomic E-state index is 10.6. The standard InChI is InChI=1S/C18H23N5O.C2HF3O2/c1-2-7-19-15(5-1)12-23-10-3-6-18(14-23)11-16(13-24-18)22-17-20-8-4-9-21-17;3-2(4,5)1(6)7/h1-2,4-5,7-9,16H,3,6,10-14H2,(H,20,21,22);(H,6,7). The van der Waals surface area contributed by atoms with E-state index < -0.39 is 12.1 Å². The highest BCUT2D eigenvalue weighted by Crippen LogP contribution is 2.35. The molecule has 2 unspecified atom stereocenters. The number of aliphatic carboxylic acids is 1. The molecule has 31 heavy (non-hydrogen) atoms. The molecule has 4 rings (SSSR count). The van der Waals surface area contributed by atoms with E-state index in [0.717, 1.165) is 44.8 Å². The monoisotopic (exact) mass is 439 g/mol. The fourth-order valence-corrected chi connectivity index (χ4v) is 3.82. The van der Waals surface area contributed by atoms with Crippen LogP contribution in [0.3, 0.4) is 0 Å². The van der Waals surface area contributed by atoms with Gasteiger partial charge in [-0.1, -0.05) is 6.07 Å². The molecule has 2 aliphatic heterocycles. The topological polar surface area (TPSA) is 100 Å². The summed E-state index contributed by atoms with van der Waals surface area (Å²) in [6, 6.07) is 8.21. The van der Waals surface area contributed by atoms with Crippen molar-refractivity contribution in [1.82, 2.24) is 19.9 Å². The van der Waals surface area contributed by atoms with Crippen molar-refractivity contribution in [3.63, 3.8) is 0 Å². The van der Waals surface area contributed by atoms with E-state index in [0.29, 0.717) is 5.95 Å². The Morgan fingerprint density at radius 3 is 2.58 bits per heavy atom. The van der Waals surface area contributed by atoms with Gasteiger partial charge in [0.1, 0.15) is 0 Å². The molecule has 2 aliphatic rings. The van der Waals surface area contributed by atoms with Crippen molar-refractivity contribution in [2.24, 2.45) is 0 Å². The molecule has 2 fully saturated rings. The minimum Gasteiger partial charge on any atom is -0.475 e. The lowest BCUT2D eigenvalue weighted by molar-refractivity contribution is -0.192. The fraction of sp³-hybridized carbons (Fsp3) is 0.500. The zero-order valence-corrected chi connectivity index (χ0v) is 16.8. The number of nitrogens with one attached hydrogen (secondary N) is 1. The third kappa shape index (κ3) is 6.86. The molecule has 0 aliphatic carbocycles. The largest absolute Gasteiger partial charge is 0.490 e. The lowest BCUT2D eigenvalue weighted by atomic mass is 9.88. The number of ether oxygens (including phenoxy) is 1. The molecular formula is C20H24F3N5O3. The van der Waals surface area contributed by atoms with E-state index in [4.69, 9.17) is 14.6 Å². The quantitative estimate of drug-likeness (QED) is 0.750. The number of carbonyl (C=O) groups is 1. The smallest absolute Gasteiger partial charge is 0.475 e. The summed E-state index contributed by atoms with van der Waals surface area (Å²) in [5, 5.41) is 10.5. The van der Waals surface area contributed by atoms with Crippen LogP contribution in [0.4, 0.5) is 19.1 Å². The van der Waals surface area contributed by atoms with Crippen LogP contribution in [0.2, 0.25) is 0 Å². The molecule has 8 nitrogen and oxygen atoms in total. The van der Waals surface area contributed by atoms with Crippen molar-refractivity contribution < 1.29 is 27.8 Å². The number of piperidine rings is 1. The van der Waals surface area contributed by atoms with Gasteiger partial charge in [0.2, 0.25) is 5.95 Å². The van der Waals surface area contributed by atoms with Crippen LogP contribution in [0.25, 0.3) is 0 Å². The maximum atomic E-state index is 10.6. The van der Waals surface area contributed by atoms with Crippen LogP contribution in [0.1, 0.15) is 25.0 Å². The predicted molar refractivity (Wildman–Crippen MR) is 105 cm³/mol. The van der Waals surface area contributed by atoms with Crippen LogP contribution in [-0.4, -0.2) is 68.4 Å². The number of anilines is 1. The molecule has 11 heteroatoms. The van der Waals surface area contributed by atoms with Crippen molar-refractivity contribution >= 4 is 11.9 Å². The van der Waals surface area contributed by atoms with E-state index in [1.54, 1.807) is 12.4 Å². The summed E-state index contributed by atoms with van der Waals surface area (Å²) in [6.45, 7) is 3.69. The molecule has 2 N–H and O–H groups in total. The summed E-state index contributed by atoms with van der Waals surface area (Å²) < 4.78 is 38.0. The van der Waals surface area contributed by atoms with E-state index in [1.165, 1.54) is 6.42 Å². The number of aromatic nitrogens is 3. The molecule has 2 atom stereocenters. The van der Waals surface area contributed by atoms with Gasteiger partial charge in [0, 0.05) is 38.1 Å². The Morgan fingerprint density at radius 1 is 1.23 bits per heavy atom. The van der Waals surface area contributed by atoms with Crippen molar-refractivity contribution in [1.29, 1.82) is 0 Å². The zero-order chi connectivity index (χ0) is 22.3. The highest BCUT2D eigenvalue weighted by Gasteiger charge is 2.43. The van der Waals surface area contributed by atoms with Crippen molar-refractivity contribution in [2.75, 3.05) is 25.0 Å². The Balaban J connectivity index is 0.000000339. The third-order valence-electron chi connectivity index (χ3n) is 5.08. The Bertz CT molecular complexity index is 841. The lowest BCUT2D eigenvalue weighted by Gasteiger charge is -2.39. The number of rotatable bonds is 4. The second-order valence-corrected chi connectivity index (χ2v) is 7.55. The summed E-state index contributed by atoms with van der Waals surface area (Å²) in [5.74, 6) is -2.07. The minimum absolute atomic E-state index is 0.0422. The van der Waals surface area contributed by atoms with E-state index in [2.05, 4.69) is 31.2 Å². The van der Waals surface area contributed by atoms with Crippen molar-refractivity contribution in [3.8, 4) is 0 Å². The van der Waals surface area contributed by atoms with Crippen LogP contribution in [0.15, 0.2) is 42.9 Å². The molecule has 2 saturated heterocycles. The Hall–Kier alpha value is -2.79. The molecule has 168 valence electrons. The highest BCUT2D eigenvalue weighted by atomic mass is 19.4. The molecule has 0 aromatic carbocycles. The molecule has 0 amide bonds.